The van der Waals surface area contributed by atoms with Gasteiger partial charge in [-0.2, -0.15) is 0 Å². The second kappa shape index (κ2) is 7.32. The molecule has 0 aliphatic rings. The van der Waals surface area contributed by atoms with Crippen molar-refractivity contribution in [1.29, 1.82) is 0 Å². The molecule has 0 aromatic rings. The molecule has 0 aliphatic carbocycles. The van der Waals surface area contributed by atoms with E-state index in [-0.39, 0.29) is 58.2 Å². The Morgan fingerprint density at radius 2 is 0.833 bits per heavy atom. The summed E-state index contributed by atoms with van der Waals surface area (Å²) in [6, 6.07) is 0. The van der Waals surface area contributed by atoms with Crippen LogP contribution in [0, 0.1) is 0 Å². The Hall–Kier alpha value is 5.66. The SMILES string of the molecule is [I][Hg]([I])([I])[I].[Rb]. The topological polar surface area (TPSA) is 0 Å². The fourth-order valence-corrected chi connectivity index (χ4v) is 0. The van der Waals surface area contributed by atoms with E-state index in [1.807, 2.05) is 0 Å². The first-order valence-corrected chi connectivity index (χ1v) is 62.9. The minimum atomic E-state index is -1.51. The van der Waals surface area contributed by atoms with Gasteiger partial charge in [0, 0.05) is 58.2 Å². The van der Waals surface area contributed by atoms with Crippen LogP contribution in [0.25, 0.3) is 0 Å². The summed E-state index contributed by atoms with van der Waals surface area (Å²) in [5.74, 6) is 0. The van der Waals surface area contributed by atoms with Gasteiger partial charge < -0.3 is 0 Å². The monoisotopic (exact) mass is 795 g/mol. The molecule has 0 spiro atoms. The molecule has 0 bridgehead atoms. The normalized spacial score (nSPS) is 7.33. The van der Waals surface area contributed by atoms with Crippen LogP contribution in [0.2, 0.25) is 0 Å². The Kier molecular flexibility index (Phi) is 17.3. The van der Waals surface area contributed by atoms with E-state index in [0.29, 0.717) is 0 Å². The first-order valence-electron chi connectivity index (χ1n) is 1.07. The van der Waals surface area contributed by atoms with E-state index < -0.39 is 4.17 Å². The average molecular weight is 794 g/mol. The Morgan fingerprint density at radius 3 is 0.833 bits per heavy atom. The van der Waals surface area contributed by atoms with Gasteiger partial charge in [-0.3, -0.25) is 0 Å². The first-order chi connectivity index (χ1) is 2.00. The molecule has 0 aromatic heterocycles. The second-order valence-electron chi connectivity index (χ2n) is 0.606. The summed E-state index contributed by atoms with van der Waals surface area (Å²) < 4.78 is -1.51. The third-order valence-corrected chi connectivity index (χ3v) is 0. The van der Waals surface area contributed by atoms with Crippen molar-refractivity contribution in [2.24, 2.45) is 0 Å². The molecule has 0 aliphatic heterocycles. The maximum absolute atomic E-state index is 2.57. The summed E-state index contributed by atoms with van der Waals surface area (Å²) in [5, 5.41) is 0. The Morgan fingerprint density at radius 1 is 0.833 bits per heavy atom. The minimum absolute atomic E-state index is 0. The summed E-state index contributed by atoms with van der Waals surface area (Å²) in [6.07, 6.45) is 0. The van der Waals surface area contributed by atoms with E-state index in [1.54, 1.807) is 0 Å². The van der Waals surface area contributed by atoms with E-state index in [4.69, 9.17) is 0 Å². The standard InChI is InChI=1S/Hg.4HI.Rb/h;4*1H;/q+4;;;;;/p-4. The summed E-state index contributed by atoms with van der Waals surface area (Å²) in [5.41, 5.74) is 0. The van der Waals surface area contributed by atoms with Crippen LogP contribution in [0.1, 0.15) is 0 Å². The van der Waals surface area contributed by atoms with Crippen molar-refractivity contribution in [2.45, 2.75) is 0 Å². The number of hydrogen-bond acceptors (Lipinski definition) is 0. The molecular formula is HgI4Rb. The molecule has 0 unspecified atom stereocenters. The molecule has 0 saturated carbocycles. The molecule has 0 nitrogen and oxygen atoms in total. The van der Waals surface area contributed by atoms with E-state index in [0.717, 1.165) is 0 Å². The quantitative estimate of drug-likeness (QED) is 0.262. The zero-order valence-electron chi connectivity index (χ0n) is 3.22. The largest absolute Gasteiger partial charge is 0 e. The average Bonchev–Trinajstić information content (AvgIpc) is 0.722. The van der Waals surface area contributed by atoms with E-state index in [1.165, 1.54) is 0 Å². The van der Waals surface area contributed by atoms with Crippen LogP contribution >= 0.6 is 70.7 Å². The minimum Gasteiger partial charge on any atom is 0 e. The van der Waals surface area contributed by atoms with Crippen LogP contribution in [0.15, 0.2) is 0 Å². The predicted octanol–water partition coefficient (Wildman–Crippen LogP) is 3.16. The Balaban J connectivity index is 0. The van der Waals surface area contributed by atoms with Crippen LogP contribution in [-0.2, 0) is 4.17 Å². The zero-order valence-corrected chi connectivity index (χ0v) is 22.3. The van der Waals surface area contributed by atoms with Crippen molar-refractivity contribution in [3.63, 3.8) is 0 Å². The van der Waals surface area contributed by atoms with Crippen LogP contribution in [0.4, 0.5) is 0 Å². The van der Waals surface area contributed by atoms with Gasteiger partial charge in [0.25, 0.3) is 0 Å². The van der Waals surface area contributed by atoms with Gasteiger partial charge in [-0.15, -0.1) is 0 Å². The van der Waals surface area contributed by atoms with Gasteiger partial charge in [-0.05, 0) is 0 Å². The van der Waals surface area contributed by atoms with Crippen LogP contribution in [0.3, 0.4) is 0 Å². The molecule has 0 aromatic carbocycles. The third-order valence-electron chi connectivity index (χ3n) is 0. The van der Waals surface area contributed by atoms with Gasteiger partial charge in [0.2, 0.25) is 0 Å². The molecule has 6 heavy (non-hydrogen) atoms. The van der Waals surface area contributed by atoms with Crippen LogP contribution < -0.4 is 0 Å². The van der Waals surface area contributed by atoms with Gasteiger partial charge in [-0.25, -0.2) is 0 Å². The fraction of sp³-hybridized carbons (Fsp3) is 0. The molecule has 31 valence electrons. The van der Waals surface area contributed by atoms with Gasteiger partial charge in [0.1, 0.15) is 0 Å². The fourth-order valence-electron chi connectivity index (χ4n) is 0. The van der Waals surface area contributed by atoms with Crippen molar-refractivity contribution >= 4 is 129 Å². The van der Waals surface area contributed by atoms with Crippen molar-refractivity contribution in [3.8, 4) is 0 Å². The van der Waals surface area contributed by atoms with Gasteiger partial charge >= 0.3 is 74.8 Å². The molecule has 0 atom stereocenters. The van der Waals surface area contributed by atoms with Crippen molar-refractivity contribution < 1.29 is 4.17 Å². The molecular weight excluding hydrogens is 794 g/mol. The number of hydrogen-bond donors (Lipinski definition) is 0. The first kappa shape index (κ1) is 14.2. The molecule has 0 rings (SSSR count). The molecule has 1 radical (unpaired) electrons. The van der Waals surface area contributed by atoms with Gasteiger partial charge in [0.05, 0.1) is 0 Å². The smallest absolute Gasteiger partial charge is 0 e. The second-order valence-corrected chi connectivity index (χ2v) is 239. The van der Waals surface area contributed by atoms with Crippen LogP contribution in [-0.4, -0.2) is 58.2 Å². The summed E-state index contributed by atoms with van der Waals surface area (Å²) in [4.78, 5) is 0. The van der Waals surface area contributed by atoms with Gasteiger partial charge in [0.15, 0.2) is 0 Å². The van der Waals surface area contributed by atoms with E-state index in [9.17, 15) is 0 Å². The number of rotatable bonds is 0. The number of halogens is 4. The maximum atomic E-state index is 2.57. The Bertz CT molecular complexity index is 23.0. The molecule has 0 heterocycles. The van der Waals surface area contributed by atoms with Crippen molar-refractivity contribution in [2.75, 3.05) is 0 Å². The molecule has 0 N–H and O–H groups in total. The predicted molar refractivity (Wildman–Crippen MR) is 61.8 cm³/mol. The molecule has 6 heteroatoms. The third kappa shape index (κ3) is 22.6. The van der Waals surface area contributed by atoms with E-state index >= 15 is 0 Å². The zero-order chi connectivity index (χ0) is 4.50. The molecule has 0 amide bonds. The van der Waals surface area contributed by atoms with Crippen LogP contribution in [0.5, 0.6) is 0 Å². The maximum Gasteiger partial charge on any atom is 0 e. The Labute approximate surface area is 127 Å². The van der Waals surface area contributed by atoms with Crippen molar-refractivity contribution in [3.05, 3.63) is 0 Å². The molecule has 0 saturated heterocycles. The summed E-state index contributed by atoms with van der Waals surface area (Å²) in [7, 11) is 0. The molecule has 0 fully saturated rings. The van der Waals surface area contributed by atoms with Crippen molar-refractivity contribution in [1.82, 2.24) is 0 Å². The van der Waals surface area contributed by atoms with E-state index in [2.05, 4.69) is 70.7 Å². The summed E-state index contributed by atoms with van der Waals surface area (Å²) >= 11 is 10.3. The summed E-state index contributed by atoms with van der Waals surface area (Å²) in [6.45, 7) is 0. The van der Waals surface area contributed by atoms with Gasteiger partial charge in [-0.1, -0.05) is 0 Å².